The largest absolute Gasteiger partial charge is 0.468 e. The minimum Gasteiger partial charge on any atom is -0.468 e. The van der Waals surface area contributed by atoms with Crippen LogP contribution in [0.25, 0.3) is 11.0 Å². The number of anilines is 6. The molecule has 4 heteroatoms. The third-order valence-corrected chi connectivity index (χ3v) is 19.4. The highest BCUT2D eigenvalue weighted by Gasteiger charge is 2.87. The van der Waals surface area contributed by atoms with E-state index in [0.29, 0.717) is 10.8 Å². The van der Waals surface area contributed by atoms with Crippen molar-refractivity contribution in [3.05, 3.63) is 125 Å². The number of hydrogen-bond acceptors (Lipinski definition) is 3. The van der Waals surface area contributed by atoms with Crippen LogP contribution in [-0.2, 0) is 27.1 Å². The minimum absolute atomic E-state index is 0.0389. The van der Waals surface area contributed by atoms with Crippen molar-refractivity contribution in [3.8, 4) is 0 Å². The summed E-state index contributed by atoms with van der Waals surface area (Å²) in [7, 11) is 0. The average Bonchev–Trinajstić information content (AvgIpc) is 3.59. The SMILES string of the molecule is CC1(C)CCC(C)(C)c2cc(N3c4cc5c(cc4B4c6oc7ccc(C89CC%10CC%11CC(C8)C%11%109)cc7c6N(c6ccccc6)c6cccc3c64)C(C)(C)CCC5(C)C)ccc21. The van der Waals surface area contributed by atoms with Gasteiger partial charge in [-0.15, -0.1) is 0 Å². The normalized spacial score (nSPS) is 30.2. The molecule has 1 aromatic heterocycles. The smallest absolute Gasteiger partial charge is 0.297 e. The van der Waals surface area contributed by atoms with Crippen molar-refractivity contribution in [2.45, 2.75) is 134 Å². The fourth-order valence-electron chi connectivity index (χ4n) is 16.0. The van der Waals surface area contributed by atoms with Gasteiger partial charge in [-0.3, -0.25) is 0 Å². The molecule has 6 aromatic rings. The lowest BCUT2D eigenvalue weighted by molar-refractivity contribution is -0.395. The Kier molecular flexibility index (Phi) is 6.41. The van der Waals surface area contributed by atoms with Gasteiger partial charge in [0.15, 0.2) is 0 Å². The van der Waals surface area contributed by atoms with E-state index in [2.05, 4.69) is 162 Å². The highest BCUT2D eigenvalue weighted by atomic mass is 16.3. The summed E-state index contributed by atoms with van der Waals surface area (Å²) in [6, 6.07) is 38.5. The maximum Gasteiger partial charge on any atom is 0.297 e. The van der Waals surface area contributed by atoms with Crippen LogP contribution in [0.15, 0.2) is 101 Å². The highest BCUT2D eigenvalue weighted by molar-refractivity contribution is 7.00. The van der Waals surface area contributed by atoms with E-state index in [9.17, 15) is 0 Å². The van der Waals surface area contributed by atoms with Gasteiger partial charge in [-0.1, -0.05) is 97.9 Å². The number of rotatable bonds is 3. The van der Waals surface area contributed by atoms with Crippen molar-refractivity contribution < 1.29 is 4.42 Å². The zero-order valence-corrected chi connectivity index (χ0v) is 37.5. The van der Waals surface area contributed by atoms with Crippen LogP contribution in [0, 0.1) is 23.2 Å². The fourth-order valence-corrected chi connectivity index (χ4v) is 16.0. The van der Waals surface area contributed by atoms with E-state index >= 15 is 0 Å². The van der Waals surface area contributed by atoms with Crippen LogP contribution >= 0.6 is 0 Å². The lowest BCUT2D eigenvalue weighted by Crippen LogP contribution is -2.87. The highest BCUT2D eigenvalue weighted by Crippen LogP contribution is 2.92. The van der Waals surface area contributed by atoms with Crippen molar-refractivity contribution >= 4 is 68.4 Å². The van der Waals surface area contributed by atoms with Crippen LogP contribution in [0.3, 0.4) is 0 Å². The molecule has 0 N–H and O–H groups in total. The van der Waals surface area contributed by atoms with E-state index in [4.69, 9.17) is 4.42 Å². The molecule has 5 aromatic carbocycles. The monoisotopic (exact) mass is 798 g/mol. The maximum atomic E-state index is 7.45. The zero-order chi connectivity index (χ0) is 41.4. The predicted molar refractivity (Wildman–Crippen MR) is 254 cm³/mol. The molecule has 2 unspecified atom stereocenters. The molecular weight excluding hydrogens is 739 g/mol. The predicted octanol–water partition coefficient (Wildman–Crippen LogP) is 12.9. The standard InChI is InChI=1S/C57H59BN2O/c1-52(2)21-22-53(3,4)41-28-38(18-19-40(41)52)59-45-15-12-16-46-49(45)58(44-29-42-43(30-47(44)59)55(7,8)24-23-54(42,5)6)51-50(60(46)37-13-10-9-11-14-37)39-27-33(17-20-48(39)61-51)56-31-35-25-34-26-36(32-56)57(34,35)56/h9-20,27-30,34-36H,21-26,31-32H2,1-8H3. The van der Waals surface area contributed by atoms with Crippen LogP contribution in [0.5, 0.6) is 0 Å². The summed E-state index contributed by atoms with van der Waals surface area (Å²) in [6.07, 6.45) is 10.5. The van der Waals surface area contributed by atoms with Crippen LogP contribution in [-0.4, -0.2) is 6.71 Å². The molecule has 306 valence electrons. The van der Waals surface area contributed by atoms with E-state index in [1.807, 2.05) is 0 Å². The molecule has 6 aliphatic carbocycles. The summed E-state index contributed by atoms with van der Waals surface area (Å²) < 4.78 is 7.45. The second-order valence-corrected chi connectivity index (χ2v) is 23.9. The summed E-state index contributed by atoms with van der Waals surface area (Å²) >= 11 is 0. The minimum atomic E-state index is -0.0389. The Hall–Kier alpha value is -4.70. The van der Waals surface area contributed by atoms with Crippen molar-refractivity contribution in [1.29, 1.82) is 0 Å². The molecule has 0 saturated heterocycles. The summed E-state index contributed by atoms with van der Waals surface area (Å²) in [5.74, 6) is 2.92. The van der Waals surface area contributed by atoms with Crippen molar-refractivity contribution in [2.75, 3.05) is 9.80 Å². The molecule has 3 heterocycles. The molecule has 2 aliphatic heterocycles. The molecule has 8 aliphatic rings. The Balaban J connectivity index is 1.05. The number of nitrogens with zero attached hydrogens (tertiary/aromatic N) is 2. The topological polar surface area (TPSA) is 19.6 Å². The second kappa shape index (κ2) is 10.9. The van der Waals surface area contributed by atoms with Gasteiger partial charge in [0.05, 0.1) is 11.3 Å². The van der Waals surface area contributed by atoms with Gasteiger partial charge in [0.1, 0.15) is 5.58 Å². The van der Waals surface area contributed by atoms with Gasteiger partial charge in [-0.2, -0.15) is 0 Å². The van der Waals surface area contributed by atoms with Gasteiger partial charge in [0.2, 0.25) is 0 Å². The van der Waals surface area contributed by atoms with E-state index in [1.54, 1.807) is 5.56 Å². The maximum absolute atomic E-state index is 7.45. The molecule has 0 radical (unpaired) electrons. The van der Waals surface area contributed by atoms with E-state index in [-0.39, 0.29) is 28.4 Å². The fraction of sp³-hybridized carbons (Fsp3) is 0.439. The molecule has 0 bridgehead atoms. The number of para-hydroxylation sites is 1. The average molecular weight is 799 g/mol. The molecule has 61 heavy (non-hydrogen) atoms. The zero-order valence-electron chi connectivity index (χ0n) is 37.5. The first-order valence-corrected chi connectivity index (χ1v) is 23.8. The van der Waals surface area contributed by atoms with Crippen molar-refractivity contribution in [3.63, 3.8) is 0 Å². The number of hydrogen-bond donors (Lipinski definition) is 0. The number of fused-ring (bicyclic) bond motifs is 8. The molecule has 4 fully saturated rings. The molecular formula is C57H59BN2O. The van der Waals surface area contributed by atoms with Crippen molar-refractivity contribution in [2.24, 2.45) is 23.2 Å². The summed E-state index contributed by atoms with van der Waals surface area (Å²) in [6.45, 7) is 19.7. The van der Waals surface area contributed by atoms with E-state index in [1.165, 1.54) is 124 Å². The van der Waals surface area contributed by atoms with Crippen LogP contribution in [0.2, 0.25) is 0 Å². The Morgan fingerprint density at radius 2 is 1.16 bits per heavy atom. The van der Waals surface area contributed by atoms with E-state index in [0.717, 1.165) is 29.0 Å². The van der Waals surface area contributed by atoms with Crippen LogP contribution in [0.1, 0.15) is 135 Å². The van der Waals surface area contributed by atoms with Gasteiger partial charge < -0.3 is 14.2 Å². The van der Waals surface area contributed by atoms with E-state index < -0.39 is 0 Å². The third-order valence-electron chi connectivity index (χ3n) is 19.4. The van der Waals surface area contributed by atoms with Gasteiger partial charge in [0, 0.05) is 39.2 Å². The number of benzene rings is 5. The van der Waals surface area contributed by atoms with Crippen molar-refractivity contribution in [1.82, 2.24) is 0 Å². The summed E-state index contributed by atoms with van der Waals surface area (Å²) in [4.78, 5) is 5.23. The lowest BCUT2D eigenvalue weighted by atomic mass is 9.12. The molecule has 14 rings (SSSR count). The summed E-state index contributed by atoms with van der Waals surface area (Å²) in [5.41, 5.74) is 21.4. The van der Waals surface area contributed by atoms with Gasteiger partial charge in [-0.05, 0) is 190 Å². The first kappa shape index (κ1) is 35.9. The Labute approximate surface area is 363 Å². The second-order valence-electron chi connectivity index (χ2n) is 23.9. The van der Waals surface area contributed by atoms with Gasteiger partial charge >= 0.3 is 0 Å². The summed E-state index contributed by atoms with van der Waals surface area (Å²) in [5, 5.41) is 1.28. The van der Waals surface area contributed by atoms with Gasteiger partial charge in [-0.25, -0.2) is 0 Å². The molecule has 3 nitrogen and oxygen atoms in total. The van der Waals surface area contributed by atoms with Crippen LogP contribution < -0.4 is 26.4 Å². The Morgan fingerprint density at radius 3 is 1.82 bits per heavy atom. The quantitative estimate of drug-likeness (QED) is 0.166. The van der Waals surface area contributed by atoms with Crippen LogP contribution in [0.4, 0.5) is 34.1 Å². The molecule has 2 atom stereocenters. The molecule has 4 saturated carbocycles. The lowest BCUT2D eigenvalue weighted by Gasteiger charge is -2.91. The first-order valence-electron chi connectivity index (χ1n) is 23.8. The molecule has 0 amide bonds. The number of furan rings is 1. The molecule has 1 spiro atoms. The Morgan fingerprint density at radius 1 is 0.541 bits per heavy atom. The Bertz CT molecular complexity index is 2920. The third kappa shape index (κ3) is 4.08. The first-order chi connectivity index (χ1) is 29.1. The van der Waals surface area contributed by atoms with Gasteiger partial charge in [0.25, 0.3) is 6.71 Å².